The number of nitrogens with one attached hydrogen (secondary N) is 1. The highest BCUT2D eigenvalue weighted by Gasteiger charge is 2.18. The molecule has 1 aromatic rings. The second-order valence-corrected chi connectivity index (χ2v) is 5.36. The largest absolute Gasteiger partial charge is 0.460 e. The van der Waals surface area contributed by atoms with Gasteiger partial charge in [0.25, 0.3) is 0 Å². The van der Waals surface area contributed by atoms with Crippen LogP contribution in [0.25, 0.3) is 0 Å². The Balaban J connectivity index is 2.40. The first-order chi connectivity index (χ1) is 8.69. The predicted octanol–water partition coefficient (Wildman–Crippen LogP) is 2.35. The normalized spacial score (nSPS) is 11.2. The van der Waals surface area contributed by atoms with E-state index in [1.165, 1.54) is 0 Å². The van der Waals surface area contributed by atoms with E-state index in [2.05, 4.69) is 10.5 Å². The Morgan fingerprint density at radius 3 is 2.37 bits per heavy atom. The van der Waals surface area contributed by atoms with Crippen LogP contribution in [0.3, 0.4) is 0 Å². The van der Waals surface area contributed by atoms with Gasteiger partial charge in [-0.05, 0) is 34.6 Å². The number of rotatable bonds is 4. The first-order valence-electron chi connectivity index (χ1n) is 6.13. The predicted molar refractivity (Wildman–Crippen MR) is 69.7 cm³/mol. The summed E-state index contributed by atoms with van der Waals surface area (Å²) >= 11 is 0. The number of aryl methyl sites for hydroxylation is 1. The fourth-order valence-corrected chi connectivity index (χ4v) is 1.33. The number of aromatic nitrogens is 1. The van der Waals surface area contributed by atoms with Gasteiger partial charge in [0.1, 0.15) is 5.60 Å². The van der Waals surface area contributed by atoms with Crippen LogP contribution in [0.4, 0.5) is 5.88 Å². The quantitative estimate of drug-likeness (QED) is 0.848. The summed E-state index contributed by atoms with van der Waals surface area (Å²) in [5.41, 5.74) is 0.972. The molecule has 1 amide bonds. The molecule has 0 aliphatic rings. The molecule has 0 fully saturated rings. The lowest BCUT2D eigenvalue weighted by molar-refractivity contribution is -0.155. The van der Waals surface area contributed by atoms with Gasteiger partial charge in [-0.1, -0.05) is 5.16 Å². The molecule has 0 saturated heterocycles. The first-order valence-corrected chi connectivity index (χ1v) is 6.13. The summed E-state index contributed by atoms with van der Waals surface area (Å²) in [7, 11) is 0. The number of amides is 1. The van der Waals surface area contributed by atoms with Crippen LogP contribution in [-0.2, 0) is 14.3 Å². The van der Waals surface area contributed by atoms with Gasteiger partial charge in [0.15, 0.2) is 0 Å². The molecule has 0 spiro atoms. The van der Waals surface area contributed by atoms with Crippen molar-refractivity contribution in [3.63, 3.8) is 0 Å². The molecule has 106 valence electrons. The van der Waals surface area contributed by atoms with E-state index in [0.717, 1.165) is 11.3 Å². The standard InChI is InChI=1S/C13H20N2O4/c1-8-9(2)15-19-12(8)14-10(16)6-7-11(17)18-13(3,4)5/h6-7H2,1-5H3,(H,14,16). The second kappa shape index (κ2) is 5.86. The van der Waals surface area contributed by atoms with Gasteiger partial charge in [-0.3, -0.25) is 14.9 Å². The van der Waals surface area contributed by atoms with Crippen LogP contribution in [0, 0.1) is 13.8 Å². The number of nitrogens with zero attached hydrogens (tertiary/aromatic N) is 1. The maximum Gasteiger partial charge on any atom is 0.306 e. The summed E-state index contributed by atoms with van der Waals surface area (Å²) in [4.78, 5) is 23.1. The lowest BCUT2D eigenvalue weighted by atomic mass is 10.2. The zero-order chi connectivity index (χ0) is 14.6. The lowest BCUT2D eigenvalue weighted by Gasteiger charge is -2.19. The molecule has 1 N–H and O–H groups in total. The number of anilines is 1. The molecule has 0 unspecified atom stereocenters. The molecule has 6 nitrogen and oxygen atoms in total. The van der Waals surface area contributed by atoms with Crippen molar-refractivity contribution in [1.29, 1.82) is 0 Å². The molecule has 0 saturated carbocycles. The van der Waals surface area contributed by atoms with Crippen LogP contribution >= 0.6 is 0 Å². The minimum atomic E-state index is -0.536. The maximum absolute atomic E-state index is 11.6. The minimum Gasteiger partial charge on any atom is -0.460 e. The second-order valence-electron chi connectivity index (χ2n) is 5.36. The molecule has 19 heavy (non-hydrogen) atoms. The number of ether oxygens (including phenoxy) is 1. The molecule has 0 atom stereocenters. The third-order valence-electron chi connectivity index (χ3n) is 2.39. The number of carbonyl (C=O) groups excluding carboxylic acids is 2. The van der Waals surface area contributed by atoms with Gasteiger partial charge in [0, 0.05) is 12.0 Å². The smallest absolute Gasteiger partial charge is 0.306 e. The van der Waals surface area contributed by atoms with Crippen molar-refractivity contribution in [3.05, 3.63) is 11.3 Å². The third-order valence-corrected chi connectivity index (χ3v) is 2.39. The Morgan fingerprint density at radius 1 is 1.26 bits per heavy atom. The first kappa shape index (κ1) is 15.2. The van der Waals surface area contributed by atoms with E-state index in [1.54, 1.807) is 34.6 Å². The molecule has 0 aliphatic heterocycles. The van der Waals surface area contributed by atoms with Gasteiger partial charge < -0.3 is 9.26 Å². The average Bonchev–Trinajstić information content (AvgIpc) is 2.56. The Kier molecular flexibility index (Phi) is 4.69. The van der Waals surface area contributed by atoms with Gasteiger partial charge in [0.2, 0.25) is 11.8 Å². The van der Waals surface area contributed by atoms with Gasteiger partial charge in [0.05, 0.1) is 12.1 Å². The Bertz CT molecular complexity index is 471. The Labute approximate surface area is 112 Å². The Hall–Kier alpha value is -1.85. The topological polar surface area (TPSA) is 81.4 Å². The van der Waals surface area contributed by atoms with E-state index < -0.39 is 11.6 Å². The van der Waals surface area contributed by atoms with Crippen LogP contribution in [0.1, 0.15) is 44.9 Å². The molecule has 1 heterocycles. The number of hydrogen-bond acceptors (Lipinski definition) is 5. The monoisotopic (exact) mass is 268 g/mol. The van der Waals surface area contributed by atoms with Gasteiger partial charge in [-0.25, -0.2) is 0 Å². The van der Waals surface area contributed by atoms with E-state index >= 15 is 0 Å². The molecular formula is C13H20N2O4. The minimum absolute atomic E-state index is 0.0370. The zero-order valence-corrected chi connectivity index (χ0v) is 12.0. The van der Waals surface area contributed by atoms with E-state index in [0.29, 0.717) is 5.88 Å². The number of hydrogen-bond donors (Lipinski definition) is 1. The molecule has 0 aromatic carbocycles. The van der Waals surface area contributed by atoms with Gasteiger partial charge in [-0.15, -0.1) is 0 Å². The summed E-state index contributed by atoms with van der Waals surface area (Å²) in [6.07, 6.45) is 0.0867. The van der Waals surface area contributed by atoms with E-state index in [4.69, 9.17) is 9.26 Å². The summed E-state index contributed by atoms with van der Waals surface area (Å²) in [5.74, 6) is -0.370. The number of esters is 1. The lowest BCUT2D eigenvalue weighted by Crippen LogP contribution is -2.24. The summed E-state index contributed by atoms with van der Waals surface area (Å²) in [6, 6.07) is 0. The van der Waals surface area contributed by atoms with Gasteiger partial charge in [-0.2, -0.15) is 0 Å². The van der Waals surface area contributed by atoms with Crippen LogP contribution in [0.15, 0.2) is 4.52 Å². The SMILES string of the molecule is Cc1noc(NC(=O)CCC(=O)OC(C)(C)C)c1C. The molecular weight excluding hydrogens is 248 g/mol. The maximum atomic E-state index is 11.6. The number of carbonyl (C=O) groups is 2. The molecule has 1 aromatic heterocycles. The van der Waals surface area contributed by atoms with Crippen LogP contribution in [-0.4, -0.2) is 22.6 Å². The fourth-order valence-electron chi connectivity index (χ4n) is 1.33. The summed E-state index contributed by atoms with van der Waals surface area (Å²) in [6.45, 7) is 8.94. The van der Waals surface area contributed by atoms with Crippen molar-refractivity contribution >= 4 is 17.8 Å². The van der Waals surface area contributed by atoms with E-state index in [-0.39, 0.29) is 18.7 Å². The average molecular weight is 268 g/mol. The zero-order valence-electron chi connectivity index (χ0n) is 12.0. The molecule has 0 aliphatic carbocycles. The molecule has 6 heteroatoms. The van der Waals surface area contributed by atoms with Crippen molar-refractivity contribution < 1.29 is 18.8 Å². The highest BCUT2D eigenvalue weighted by atomic mass is 16.6. The van der Waals surface area contributed by atoms with Crippen molar-refractivity contribution in [3.8, 4) is 0 Å². The summed E-state index contributed by atoms with van der Waals surface area (Å²) in [5, 5.41) is 6.30. The summed E-state index contributed by atoms with van der Waals surface area (Å²) < 4.78 is 10.1. The van der Waals surface area contributed by atoms with Crippen molar-refractivity contribution in [2.24, 2.45) is 0 Å². The fraction of sp³-hybridized carbons (Fsp3) is 0.615. The van der Waals surface area contributed by atoms with Crippen LogP contribution in [0.2, 0.25) is 0 Å². The van der Waals surface area contributed by atoms with Crippen LogP contribution in [0.5, 0.6) is 0 Å². The van der Waals surface area contributed by atoms with Crippen molar-refractivity contribution in [2.45, 2.75) is 53.1 Å². The highest BCUT2D eigenvalue weighted by Crippen LogP contribution is 2.17. The molecule has 1 rings (SSSR count). The third kappa shape index (κ3) is 5.11. The van der Waals surface area contributed by atoms with Crippen molar-refractivity contribution in [2.75, 3.05) is 5.32 Å². The van der Waals surface area contributed by atoms with E-state index in [1.807, 2.05) is 0 Å². The molecule has 0 bridgehead atoms. The van der Waals surface area contributed by atoms with Crippen molar-refractivity contribution in [1.82, 2.24) is 5.16 Å². The Morgan fingerprint density at radius 2 is 1.89 bits per heavy atom. The highest BCUT2D eigenvalue weighted by molar-refractivity contribution is 5.92. The van der Waals surface area contributed by atoms with Crippen LogP contribution < -0.4 is 5.32 Å². The molecule has 0 radical (unpaired) electrons. The van der Waals surface area contributed by atoms with Gasteiger partial charge >= 0.3 is 5.97 Å². The van der Waals surface area contributed by atoms with E-state index in [9.17, 15) is 9.59 Å².